The van der Waals surface area contributed by atoms with E-state index in [0.717, 1.165) is 26.2 Å². The van der Waals surface area contributed by atoms with Gasteiger partial charge in [0.2, 0.25) is 0 Å². The number of hydrogen-bond acceptors (Lipinski definition) is 4. The first-order valence-electron chi connectivity index (χ1n) is 3.36. The van der Waals surface area contributed by atoms with E-state index in [2.05, 4.69) is 23.8 Å². The zero-order chi connectivity index (χ0) is 7.40. The third-order valence-corrected chi connectivity index (χ3v) is 2.04. The van der Waals surface area contributed by atoms with Crippen LogP contribution in [0.15, 0.2) is 0 Å². The number of nitrogens with zero attached hydrogens (tertiary/aromatic N) is 3. The molecule has 0 amide bonds. The molecule has 1 aliphatic heterocycles. The third kappa shape index (κ3) is 2.18. The normalized spacial score (nSPS) is 22.4. The molecule has 0 spiro atoms. The Hall–Kier alpha value is -0.240. The molecule has 4 heteroatoms. The van der Waals surface area contributed by atoms with Crippen LogP contribution in [-0.2, 0) is 0 Å². The Balaban J connectivity index is 2.21. The van der Waals surface area contributed by atoms with E-state index in [1.54, 1.807) is 0 Å². The van der Waals surface area contributed by atoms with E-state index in [1.165, 1.54) is 0 Å². The largest absolute Gasteiger partial charge is 0.288 e. The lowest BCUT2D eigenvalue weighted by Gasteiger charge is -2.29. The van der Waals surface area contributed by atoms with Crippen LogP contribution in [0.5, 0.6) is 0 Å². The van der Waals surface area contributed by atoms with Crippen molar-refractivity contribution in [2.45, 2.75) is 0 Å². The smallest absolute Gasteiger partial charge is 0.0866 e. The molecule has 3 nitrogen and oxygen atoms in total. The molecule has 1 fully saturated rings. The number of nitriles is 1. The zero-order valence-electron chi connectivity index (χ0n) is 5.82. The number of piperazine rings is 1. The summed E-state index contributed by atoms with van der Waals surface area (Å²) in [5.74, 6) is 0. The van der Waals surface area contributed by atoms with E-state index >= 15 is 0 Å². The van der Waals surface area contributed by atoms with Crippen molar-refractivity contribution >= 4 is 12.8 Å². The molecule has 1 rings (SSSR count). The van der Waals surface area contributed by atoms with Gasteiger partial charge < -0.3 is 0 Å². The summed E-state index contributed by atoms with van der Waals surface area (Å²) in [6, 6.07) is 2.13. The average Bonchev–Trinajstić information content (AvgIpc) is 1.95. The first-order valence-corrected chi connectivity index (χ1v) is 3.76. The van der Waals surface area contributed by atoms with Crippen LogP contribution in [0.3, 0.4) is 0 Å². The maximum absolute atomic E-state index is 8.36. The Morgan fingerprint density at radius 3 is 2.40 bits per heavy atom. The highest BCUT2D eigenvalue weighted by atomic mass is 32.1. The van der Waals surface area contributed by atoms with Gasteiger partial charge in [-0.2, -0.15) is 5.26 Å². The van der Waals surface area contributed by atoms with E-state index in [9.17, 15) is 0 Å². The number of hydrogen-bond donors (Lipinski definition) is 1. The molecule has 56 valence electrons. The van der Waals surface area contributed by atoms with Crippen LogP contribution in [0.2, 0.25) is 0 Å². The molecule has 0 aliphatic carbocycles. The second kappa shape index (κ2) is 3.81. The second-order valence-corrected chi connectivity index (χ2v) is 2.95. The average molecular weight is 157 g/mol. The lowest BCUT2D eigenvalue weighted by molar-refractivity contribution is 0.217. The SMILES string of the molecule is N#CCN1CCN(S)CC1. The van der Waals surface area contributed by atoms with Crippen molar-refractivity contribution in [2.24, 2.45) is 0 Å². The van der Waals surface area contributed by atoms with Crippen molar-refractivity contribution in [1.29, 1.82) is 5.26 Å². The summed E-state index contributed by atoms with van der Waals surface area (Å²) in [5.41, 5.74) is 0. The molecule has 0 aromatic heterocycles. The van der Waals surface area contributed by atoms with Crippen molar-refractivity contribution < 1.29 is 0 Å². The van der Waals surface area contributed by atoms with Gasteiger partial charge in [0, 0.05) is 26.2 Å². The molecule has 0 aromatic carbocycles. The summed E-state index contributed by atoms with van der Waals surface area (Å²) in [7, 11) is 0. The van der Waals surface area contributed by atoms with Crippen molar-refractivity contribution in [3.63, 3.8) is 0 Å². The van der Waals surface area contributed by atoms with Crippen LogP contribution in [-0.4, -0.2) is 41.9 Å². The van der Waals surface area contributed by atoms with Crippen LogP contribution < -0.4 is 0 Å². The van der Waals surface area contributed by atoms with Gasteiger partial charge >= 0.3 is 0 Å². The summed E-state index contributed by atoms with van der Waals surface area (Å²) < 4.78 is 1.98. The Morgan fingerprint density at radius 1 is 1.30 bits per heavy atom. The van der Waals surface area contributed by atoms with Crippen molar-refractivity contribution in [1.82, 2.24) is 9.21 Å². The fourth-order valence-corrected chi connectivity index (χ4v) is 1.17. The standard InChI is InChI=1S/C6H11N3S/c7-1-2-8-3-5-9(10)6-4-8/h10H,2-6H2. The van der Waals surface area contributed by atoms with Crippen LogP contribution in [0.1, 0.15) is 0 Å². The first kappa shape index (κ1) is 7.86. The summed E-state index contributed by atoms with van der Waals surface area (Å²) in [6.07, 6.45) is 0. The fourth-order valence-electron chi connectivity index (χ4n) is 0.995. The highest BCUT2D eigenvalue weighted by Crippen LogP contribution is 2.01. The van der Waals surface area contributed by atoms with Crippen LogP contribution in [0, 0.1) is 11.3 Å². The van der Waals surface area contributed by atoms with Gasteiger partial charge in [0.05, 0.1) is 12.6 Å². The van der Waals surface area contributed by atoms with E-state index in [1.807, 2.05) is 4.31 Å². The molecule has 1 saturated heterocycles. The zero-order valence-corrected chi connectivity index (χ0v) is 6.72. The molecular weight excluding hydrogens is 146 g/mol. The molecule has 0 atom stereocenters. The molecule has 10 heavy (non-hydrogen) atoms. The quantitative estimate of drug-likeness (QED) is 0.428. The van der Waals surface area contributed by atoms with Gasteiger partial charge in [-0.3, -0.25) is 9.21 Å². The summed E-state index contributed by atoms with van der Waals surface area (Å²) >= 11 is 4.19. The second-order valence-electron chi connectivity index (χ2n) is 2.39. The summed E-state index contributed by atoms with van der Waals surface area (Å²) in [4.78, 5) is 2.13. The predicted octanol–water partition coefficient (Wildman–Crippen LogP) is -0.0276. The van der Waals surface area contributed by atoms with Gasteiger partial charge in [-0.15, -0.1) is 0 Å². The Labute approximate surface area is 66.8 Å². The highest BCUT2D eigenvalue weighted by molar-refractivity contribution is 7.77. The molecule has 0 radical (unpaired) electrons. The lowest BCUT2D eigenvalue weighted by atomic mass is 10.4. The van der Waals surface area contributed by atoms with Gasteiger partial charge in [0.15, 0.2) is 0 Å². The number of rotatable bonds is 1. The van der Waals surface area contributed by atoms with Gasteiger partial charge in [-0.25, -0.2) is 0 Å². The topological polar surface area (TPSA) is 30.3 Å². The van der Waals surface area contributed by atoms with Gasteiger partial charge in [0.1, 0.15) is 0 Å². The van der Waals surface area contributed by atoms with Crippen LogP contribution in [0.25, 0.3) is 0 Å². The van der Waals surface area contributed by atoms with Crippen molar-refractivity contribution in [2.75, 3.05) is 32.7 Å². The first-order chi connectivity index (χ1) is 4.83. The number of thiol groups is 1. The molecule has 0 aromatic rings. The van der Waals surface area contributed by atoms with E-state index in [0.29, 0.717) is 6.54 Å². The van der Waals surface area contributed by atoms with Gasteiger partial charge in [0.25, 0.3) is 0 Å². The molecular formula is C6H11N3S. The lowest BCUT2D eigenvalue weighted by Crippen LogP contribution is -2.42. The maximum atomic E-state index is 8.36. The van der Waals surface area contributed by atoms with Crippen molar-refractivity contribution in [3.05, 3.63) is 0 Å². The Kier molecular flexibility index (Phi) is 3.00. The van der Waals surface area contributed by atoms with Crippen molar-refractivity contribution in [3.8, 4) is 6.07 Å². The Bertz CT molecular complexity index is 134. The summed E-state index contributed by atoms with van der Waals surface area (Å²) in [6.45, 7) is 4.42. The monoisotopic (exact) mass is 157 g/mol. The maximum Gasteiger partial charge on any atom is 0.0866 e. The predicted molar refractivity (Wildman–Crippen MR) is 42.6 cm³/mol. The molecule has 1 aliphatic rings. The van der Waals surface area contributed by atoms with E-state index in [4.69, 9.17) is 5.26 Å². The van der Waals surface area contributed by atoms with Crippen LogP contribution in [0.4, 0.5) is 0 Å². The fraction of sp³-hybridized carbons (Fsp3) is 0.833. The minimum Gasteiger partial charge on any atom is -0.288 e. The van der Waals surface area contributed by atoms with Gasteiger partial charge in [-0.1, -0.05) is 12.8 Å². The van der Waals surface area contributed by atoms with Crippen LogP contribution >= 0.6 is 12.8 Å². The molecule has 0 unspecified atom stereocenters. The highest BCUT2D eigenvalue weighted by Gasteiger charge is 2.12. The molecule has 0 N–H and O–H groups in total. The molecule has 0 saturated carbocycles. The minimum absolute atomic E-state index is 0.557. The Morgan fingerprint density at radius 2 is 1.90 bits per heavy atom. The molecule has 1 heterocycles. The van der Waals surface area contributed by atoms with E-state index < -0.39 is 0 Å². The van der Waals surface area contributed by atoms with E-state index in [-0.39, 0.29) is 0 Å². The van der Waals surface area contributed by atoms with Gasteiger partial charge in [-0.05, 0) is 0 Å². The molecule has 0 bridgehead atoms. The third-order valence-electron chi connectivity index (χ3n) is 1.64. The minimum atomic E-state index is 0.557. The summed E-state index contributed by atoms with van der Waals surface area (Å²) in [5, 5.41) is 8.36.